The van der Waals surface area contributed by atoms with E-state index in [1.54, 1.807) is 7.05 Å². The van der Waals surface area contributed by atoms with Gasteiger partial charge in [0.15, 0.2) is 5.96 Å². The maximum atomic E-state index is 11.9. The lowest BCUT2D eigenvalue weighted by molar-refractivity contribution is 0.0507. The van der Waals surface area contributed by atoms with Gasteiger partial charge in [0.25, 0.3) is 0 Å². The molecule has 1 atom stereocenters. The van der Waals surface area contributed by atoms with E-state index >= 15 is 0 Å². The third-order valence-corrected chi connectivity index (χ3v) is 4.10. The zero-order chi connectivity index (χ0) is 19.9. The quantitative estimate of drug-likeness (QED) is 0.279. The van der Waals surface area contributed by atoms with Crippen LogP contribution in [0.15, 0.2) is 29.3 Å². The van der Waals surface area contributed by atoms with Gasteiger partial charge in [0.2, 0.25) is 0 Å². The minimum absolute atomic E-state index is 0. The van der Waals surface area contributed by atoms with Gasteiger partial charge in [0.1, 0.15) is 18.0 Å². The topological polar surface area (TPSA) is 75.2 Å². The van der Waals surface area contributed by atoms with Crippen molar-refractivity contribution >= 4 is 36.0 Å². The van der Waals surface area contributed by atoms with Crippen molar-refractivity contribution in [3.05, 3.63) is 29.8 Å². The summed E-state index contributed by atoms with van der Waals surface area (Å²) in [7, 11) is 1.76. The summed E-state index contributed by atoms with van der Waals surface area (Å²) >= 11 is 0. The molecule has 0 aliphatic carbocycles. The van der Waals surface area contributed by atoms with E-state index in [-0.39, 0.29) is 36.1 Å². The van der Waals surface area contributed by atoms with Crippen molar-refractivity contribution < 1.29 is 14.3 Å². The van der Waals surface area contributed by atoms with Crippen LogP contribution in [0.3, 0.4) is 0 Å². The zero-order valence-electron chi connectivity index (χ0n) is 17.4. The Morgan fingerprint density at radius 1 is 1.29 bits per heavy atom. The fourth-order valence-corrected chi connectivity index (χ4v) is 2.84. The van der Waals surface area contributed by atoms with Crippen molar-refractivity contribution in [3.8, 4) is 5.75 Å². The van der Waals surface area contributed by atoms with Gasteiger partial charge >= 0.3 is 6.09 Å². The van der Waals surface area contributed by atoms with Crippen LogP contribution < -0.4 is 15.4 Å². The number of likely N-dealkylation sites (tertiary alicyclic amines) is 1. The first-order chi connectivity index (χ1) is 12.8. The van der Waals surface area contributed by atoms with Crippen LogP contribution in [-0.4, -0.2) is 61.9 Å². The number of nitrogens with zero attached hydrogens (tertiary/aromatic N) is 2. The summed E-state index contributed by atoms with van der Waals surface area (Å²) in [5.41, 5.74) is 0.724. The summed E-state index contributed by atoms with van der Waals surface area (Å²) in [4.78, 5) is 18.4. The van der Waals surface area contributed by atoms with Gasteiger partial charge in [-0.3, -0.25) is 4.99 Å². The standard InChI is InChI=1S/C20H32N4O3.HI/c1-15-6-8-17(9-7-15)26-13-11-22-18(21-5)24-12-10-16(14-24)23-19(25)27-20(2,3)4;/h6-9,16H,10-14H2,1-5H3,(H,21,22)(H,23,25);1H. The Balaban J connectivity index is 0.00000392. The van der Waals surface area contributed by atoms with Crippen LogP contribution in [0.4, 0.5) is 4.79 Å². The molecule has 0 bridgehead atoms. The van der Waals surface area contributed by atoms with Crippen molar-refractivity contribution in [2.45, 2.75) is 45.8 Å². The molecular weight excluding hydrogens is 471 g/mol. The first-order valence-electron chi connectivity index (χ1n) is 9.41. The molecule has 28 heavy (non-hydrogen) atoms. The number of amides is 1. The summed E-state index contributed by atoms with van der Waals surface area (Å²) in [6.45, 7) is 10.4. The van der Waals surface area contributed by atoms with Crippen LogP contribution >= 0.6 is 24.0 Å². The highest BCUT2D eigenvalue weighted by atomic mass is 127. The van der Waals surface area contributed by atoms with Crippen molar-refractivity contribution in [3.63, 3.8) is 0 Å². The zero-order valence-corrected chi connectivity index (χ0v) is 19.8. The van der Waals surface area contributed by atoms with Crippen molar-refractivity contribution in [1.29, 1.82) is 0 Å². The first-order valence-corrected chi connectivity index (χ1v) is 9.41. The van der Waals surface area contributed by atoms with Gasteiger partial charge < -0.3 is 25.0 Å². The molecule has 1 aromatic rings. The molecule has 1 saturated heterocycles. The number of carbonyl (C=O) groups is 1. The maximum absolute atomic E-state index is 11.9. The molecule has 1 aliphatic heterocycles. The second-order valence-corrected chi connectivity index (χ2v) is 7.71. The van der Waals surface area contributed by atoms with Gasteiger partial charge in [-0.15, -0.1) is 24.0 Å². The van der Waals surface area contributed by atoms with E-state index < -0.39 is 5.60 Å². The van der Waals surface area contributed by atoms with Crippen LogP contribution in [-0.2, 0) is 4.74 Å². The highest BCUT2D eigenvalue weighted by molar-refractivity contribution is 14.0. The van der Waals surface area contributed by atoms with Crippen LogP contribution in [0, 0.1) is 6.92 Å². The number of aryl methyl sites for hydroxylation is 1. The predicted octanol–water partition coefficient (Wildman–Crippen LogP) is 3.17. The van der Waals surface area contributed by atoms with E-state index in [1.165, 1.54) is 5.56 Å². The molecular formula is C20H33IN4O3. The average molecular weight is 504 g/mol. The Morgan fingerprint density at radius 2 is 1.96 bits per heavy atom. The molecule has 1 amide bonds. The molecule has 1 unspecified atom stereocenters. The van der Waals surface area contributed by atoms with Crippen molar-refractivity contribution in [2.24, 2.45) is 4.99 Å². The number of benzene rings is 1. The van der Waals surface area contributed by atoms with Gasteiger partial charge in [-0.25, -0.2) is 4.79 Å². The summed E-state index contributed by atoms with van der Waals surface area (Å²) in [5.74, 6) is 1.68. The summed E-state index contributed by atoms with van der Waals surface area (Å²) in [6.07, 6.45) is 0.489. The second-order valence-electron chi connectivity index (χ2n) is 7.71. The number of aliphatic imine (C=N–C) groups is 1. The molecule has 0 saturated carbocycles. The van der Waals surface area contributed by atoms with Crippen LogP contribution in [0.25, 0.3) is 0 Å². The highest BCUT2D eigenvalue weighted by Gasteiger charge is 2.27. The van der Waals surface area contributed by atoms with E-state index in [1.807, 2.05) is 45.0 Å². The summed E-state index contributed by atoms with van der Waals surface area (Å²) < 4.78 is 11.0. The Morgan fingerprint density at radius 3 is 2.57 bits per heavy atom. The second kappa shape index (κ2) is 11.3. The Hall–Kier alpha value is -1.71. The van der Waals surface area contributed by atoms with Crippen LogP contribution in [0.1, 0.15) is 32.8 Å². The number of halogens is 1. The lowest BCUT2D eigenvalue weighted by Gasteiger charge is -2.23. The number of carbonyl (C=O) groups excluding carboxylic acids is 1. The van der Waals surface area contributed by atoms with E-state index in [4.69, 9.17) is 9.47 Å². The first kappa shape index (κ1) is 24.3. The number of ether oxygens (including phenoxy) is 2. The third kappa shape index (κ3) is 8.53. The highest BCUT2D eigenvalue weighted by Crippen LogP contribution is 2.13. The molecule has 7 nitrogen and oxygen atoms in total. The van der Waals surface area contributed by atoms with Gasteiger partial charge in [0.05, 0.1) is 12.6 Å². The Kier molecular flexibility index (Phi) is 9.84. The average Bonchev–Trinajstić information content (AvgIpc) is 3.03. The number of hydrogen-bond acceptors (Lipinski definition) is 4. The number of guanidine groups is 1. The van der Waals surface area contributed by atoms with Gasteiger partial charge in [-0.1, -0.05) is 17.7 Å². The molecule has 0 spiro atoms. The molecule has 1 aliphatic rings. The fourth-order valence-electron chi connectivity index (χ4n) is 2.84. The largest absolute Gasteiger partial charge is 0.492 e. The molecule has 2 N–H and O–H groups in total. The molecule has 1 aromatic carbocycles. The lowest BCUT2D eigenvalue weighted by Crippen LogP contribution is -2.44. The van der Waals surface area contributed by atoms with Crippen molar-refractivity contribution in [2.75, 3.05) is 33.3 Å². The maximum Gasteiger partial charge on any atom is 0.407 e. The Labute approximate surface area is 185 Å². The normalized spacial score (nSPS) is 17.0. The molecule has 8 heteroatoms. The van der Waals surface area contributed by atoms with Gasteiger partial charge in [0, 0.05) is 20.1 Å². The molecule has 1 fully saturated rings. The number of hydrogen-bond donors (Lipinski definition) is 2. The molecule has 0 radical (unpaired) electrons. The Bertz CT molecular complexity index is 644. The lowest BCUT2D eigenvalue weighted by atomic mass is 10.2. The van der Waals surface area contributed by atoms with E-state index in [2.05, 4.69) is 27.4 Å². The number of nitrogens with one attached hydrogen (secondary N) is 2. The predicted molar refractivity (Wildman–Crippen MR) is 123 cm³/mol. The van der Waals surface area contributed by atoms with Gasteiger partial charge in [-0.05, 0) is 46.2 Å². The number of rotatable bonds is 5. The minimum atomic E-state index is -0.489. The molecule has 0 aromatic heterocycles. The number of alkyl carbamates (subject to hydrolysis) is 1. The minimum Gasteiger partial charge on any atom is -0.492 e. The SMILES string of the molecule is CN=C(NCCOc1ccc(C)cc1)N1CCC(NC(=O)OC(C)(C)C)C1.I. The van der Waals surface area contributed by atoms with E-state index in [9.17, 15) is 4.79 Å². The van der Waals surface area contributed by atoms with Crippen LogP contribution in [0.5, 0.6) is 5.75 Å². The van der Waals surface area contributed by atoms with E-state index in [0.717, 1.165) is 24.7 Å². The third-order valence-electron chi connectivity index (χ3n) is 4.10. The molecule has 158 valence electrons. The molecule has 1 heterocycles. The van der Waals surface area contributed by atoms with E-state index in [0.29, 0.717) is 19.7 Å². The smallest absolute Gasteiger partial charge is 0.407 e. The van der Waals surface area contributed by atoms with Gasteiger partial charge in [-0.2, -0.15) is 0 Å². The summed E-state index contributed by atoms with van der Waals surface area (Å²) in [5, 5.41) is 6.24. The summed E-state index contributed by atoms with van der Waals surface area (Å²) in [6, 6.07) is 8.06. The molecule has 2 rings (SSSR count). The van der Waals surface area contributed by atoms with Crippen LogP contribution in [0.2, 0.25) is 0 Å². The van der Waals surface area contributed by atoms with Crippen molar-refractivity contribution in [1.82, 2.24) is 15.5 Å². The fraction of sp³-hybridized carbons (Fsp3) is 0.600. The monoisotopic (exact) mass is 504 g/mol.